The average molecular weight is 583 g/mol. The van der Waals surface area contributed by atoms with Gasteiger partial charge in [-0.2, -0.15) is 8.78 Å². The molecule has 2 atom stereocenters. The van der Waals surface area contributed by atoms with Crippen molar-refractivity contribution >= 4 is 34.3 Å². The highest BCUT2D eigenvalue weighted by molar-refractivity contribution is 5.92. The van der Waals surface area contributed by atoms with Crippen LogP contribution < -0.4 is 25.0 Å². The Balaban J connectivity index is 1.34. The van der Waals surface area contributed by atoms with Gasteiger partial charge in [0.15, 0.2) is 12.4 Å². The van der Waals surface area contributed by atoms with Gasteiger partial charge in [0.2, 0.25) is 5.95 Å². The molecule has 42 heavy (non-hydrogen) atoms. The number of rotatable bonds is 10. The van der Waals surface area contributed by atoms with Gasteiger partial charge in [0.05, 0.1) is 11.0 Å². The summed E-state index contributed by atoms with van der Waals surface area (Å²) in [6, 6.07) is 17.9. The Morgan fingerprint density at radius 1 is 1.00 bits per heavy atom. The second kappa shape index (κ2) is 12.2. The molecule has 3 aromatic carbocycles. The molecule has 1 amide bonds. The summed E-state index contributed by atoms with van der Waals surface area (Å²) >= 11 is 0. The Bertz CT molecular complexity index is 1520. The number of carbonyl (C=O) groups excluding carboxylic acids is 1. The standard InChI is InChI=1S/C31H33F3N4O4/c1-19-14-22(17-31(2,3)16-19)38-27-13-12-25(15-26(27)37-30(38)36-21-6-10-24(42-34)11-7-21)40-18-28(39)35-20-4-8-23(9-5-20)41-29(32)33/h4-13,15,19,22,29H,14,16-18H2,1-3H3,(H,35,39)(H,36,37)/t19-,22+/m0/s1. The molecule has 1 fully saturated rings. The Morgan fingerprint density at radius 3 is 2.33 bits per heavy atom. The molecule has 4 aromatic rings. The number of imidazole rings is 1. The normalized spacial score (nSPS) is 18.1. The van der Waals surface area contributed by atoms with Crippen LogP contribution in [-0.4, -0.2) is 28.7 Å². The molecule has 8 nitrogen and oxygen atoms in total. The van der Waals surface area contributed by atoms with Crippen molar-refractivity contribution in [3.63, 3.8) is 0 Å². The van der Waals surface area contributed by atoms with E-state index in [0.29, 0.717) is 28.8 Å². The average Bonchev–Trinajstić information content (AvgIpc) is 3.29. The monoisotopic (exact) mass is 582 g/mol. The Morgan fingerprint density at radius 2 is 1.67 bits per heavy atom. The highest BCUT2D eigenvalue weighted by Gasteiger charge is 2.34. The summed E-state index contributed by atoms with van der Waals surface area (Å²) in [5.74, 6) is 1.36. The number of carbonyl (C=O) groups is 1. The van der Waals surface area contributed by atoms with Crippen molar-refractivity contribution in [1.29, 1.82) is 0 Å². The zero-order valence-corrected chi connectivity index (χ0v) is 23.6. The number of amides is 1. The fraction of sp³-hybridized carbons (Fsp3) is 0.355. The van der Waals surface area contributed by atoms with Gasteiger partial charge < -0.3 is 24.7 Å². The quantitative estimate of drug-likeness (QED) is 0.197. The van der Waals surface area contributed by atoms with Crippen LogP contribution >= 0.6 is 0 Å². The van der Waals surface area contributed by atoms with Gasteiger partial charge in [0.1, 0.15) is 11.5 Å². The van der Waals surface area contributed by atoms with Crippen molar-refractivity contribution in [2.75, 3.05) is 17.2 Å². The van der Waals surface area contributed by atoms with E-state index in [0.717, 1.165) is 30.5 Å². The Kier molecular flexibility index (Phi) is 8.46. The lowest BCUT2D eigenvalue weighted by Gasteiger charge is -2.40. The molecule has 2 N–H and O–H groups in total. The molecule has 0 aliphatic heterocycles. The van der Waals surface area contributed by atoms with Gasteiger partial charge >= 0.3 is 6.61 Å². The van der Waals surface area contributed by atoms with Crippen molar-refractivity contribution in [2.24, 2.45) is 11.3 Å². The second-order valence-corrected chi connectivity index (χ2v) is 11.5. The van der Waals surface area contributed by atoms with E-state index in [1.165, 1.54) is 36.4 Å². The number of anilines is 3. The molecule has 0 saturated heterocycles. The molecule has 1 saturated carbocycles. The number of hydrogen-bond donors (Lipinski definition) is 2. The van der Waals surface area contributed by atoms with E-state index in [2.05, 4.69) is 45.7 Å². The first kappa shape index (κ1) is 29.1. The van der Waals surface area contributed by atoms with Crippen LogP contribution in [0.2, 0.25) is 0 Å². The van der Waals surface area contributed by atoms with Gasteiger partial charge in [-0.1, -0.05) is 20.8 Å². The molecular weight excluding hydrogens is 549 g/mol. The smallest absolute Gasteiger partial charge is 0.387 e. The third-order valence-corrected chi connectivity index (χ3v) is 7.32. The van der Waals surface area contributed by atoms with Crippen LogP contribution in [0.3, 0.4) is 0 Å². The summed E-state index contributed by atoms with van der Waals surface area (Å²) in [6.45, 7) is 3.68. The lowest BCUT2D eigenvalue weighted by Crippen LogP contribution is -2.29. The predicted molar refractivity (Wildman–Crippen MR) is 154 cm³/mol. The van der Waals surface area contributed by atoms with Crippen molar-refractivity contribution < 1.29 is 32.5 Å². The fourth-order valence-electron chi connectivity index (χ4n) is 5.90. The number of benzene rings is 3. The van der Waals surface area contributed by atoms with E-state index >= 15 is 0 Å². The highest BCUT2D eigenvalue weighted by Crippen LogP contribution is 2.46. The summed E-state index contributed by atoms with van der Waals surface area (Å²) in [4.78, 5) is 21.2. The molecule has 5 rings (SSSR count). The number of nitrogens with one attached hydrogen (secondary N) is 2. The summed E-state index contributed by atoms with van der Waals surface area (Å²) in [7, 11) is 0. The minimum atomic E-state index is -2.92. The molecule has 1 aliphatic carbocycles. The van der Waals surface area contributed by atoms with E-state index in [1.54, 1.807) is 24.3 Å². The van der Waals surface area contributed by atoms with Crippen LogP contribution in [0.15, 0.2) is 66.7 Å². The number of nitrogens with zero attached hydrogens (tertiary/aromatic N) is 2. The van der Waals surface area contributed by atoms with E-state index in [1.807, 2.05) is 6.07 Å². The van der Waals surface area contributed by atoms with E-state index in [4.69, 9.17) is 9.72 Å². The lowest BCUT2D eigenvalue weighted by molar-refractivity contribution is -0.118. The minimum Gasteiger partial charge on any atom is -0.484 e. The summed E-state index contributed by atoms with van der Waals surface area (Å²) < 4.78 is 49.5. The first-order valence-electron chi connectivity index (χ1n) is 13.7. The van der Waals surface area contributed by atoms with Crippen LogP contribution in [0.25, 0.3) is 11.0 Å². The van der Waals surface area contributed by atoms with Crippen LogP contribution in [0.4, 0.5) is 30.6 Å². The molecule has 1 aliphatic rings. The Hall–Kier alpha value is -4.41. The predicted octanol–water partition coefficient (Wildman–Crippen LogP) is 8.05. The van der Waals surface area contributed by atoms with Crippen LogP contribution in [0.5, 0.6) is 17.2 Å². The molecule has 0 radical (unpaired) electrons. The maximum absolute atomic E-state index is 12.6. The zero-order valence-electron chi connectivity index (χ0n) is 23.6. The molecule has 0 spiro atoms. The lowest BCUT2D eigenvalue weighted by atomic mass is 9.70. The first-order valence-corrected chi connectivity index (χ1v) is 13.7. The minimum absolute atomic E-state index is 0.00196. The fourth-order valence-corrected chi connectivity index (χ4v) is 5.90. The maximum atomic E-state index is 12.6. The topological polar surface area (TPSA) is 86.6 Å². The van der Waals surface area contributed by atoms with Crippen molar-refractivity contribution in [3.8, 4) is 17.2 Å². The number of aromatic nitrogens is 2. The molecule has 222 valence electrons. The van der Waals surface area contributed by atoms with Gasteiger partial charge in [-0.15, -0.1) is 0 Å². The van der Waals surface area contributed by atoms with Crippen molar-refractivity contribution in [2.45, 2.75) is 52.7 Å². The van der Waals surface area contributed by atoms with Crippen LogP contribution in [-0.2, 0) is 4.79 Å². The Labute approximate surface area is 241 Å². The summed E-state index contributed by atoms with van der Waals surface area (Å²) in [5.41, 5.74) is 2.95. The van der Waals surface area contributed by atoms with E-state index in [9.17, 15) is 18.1 Å². The van der Waals surface area contributed by atoms with Gasteiger partial charge in [0.25, 0.3) is 5.91 Å². The molecule has 0 bridgehead atoms. The number of ether oxygens (including phenoxy) is 2. The molecule has 0 unspecified atom stereocenters. The molecule has 1 aromatic heterocycles. The van der Waals surface area contributed by atoms with Gasteiger partial charge in [-0.25, -0.2) is 4.98 Å². The third-order valence-electron chi connectivity index (χ3n) is 7.32. The summed E-state index contributed by atoms with van der Waals surface area (Å²) in [6.07, 6.45) is 3.14. The largest absolute Gasteiger partial charge is 0.484 e. The number of fused-ring (bicyclic) bond motifs is 1. The number of alkyl halides is 2. The third kappa shape index (κ3) is 7.07. The summed E-state index contributed by atoms with van der Waals surface area (Å²) in [5, 5.41) is 6.05. The van der Waals surface area contributed by atoms with Crippen molar-refractivity contribution in [3.05, 3.63) is 66.7 Å². The molecule has 1 heterocycles. The van der Waals surface area contributed by atoms with E-state index < -0.39 is 12.5 Å². The first-order chi connectivity index (χ1) is 20.1. The number of halogens is 3. The van der Waals surface area contributed by atoms with Crippen LogP contribution in [0.1, 0.15) is 46.1 Å². The van der Waals surface area contributed by atoms with Crippen LogP contribution in [0, 0.1) is 11.3 Å². The zero-order chi connectivity index (χ0) is 29.9. The molecule has 11 heteroatoms. The van der Waals surface area contributed by atoms with E-state index in [-0.39, 0.29) is 29.6 Å². The van der Waals surface area contributed by atoms with Gasteiger partial charge in [-0.05, 0) is 91.3 Å². The SMILES string of the molecule is C[C@H]1C[C@@H](n2c(Nc3ccc(OF)cc3)nc3cc(OCC(=O)Nc4ccc(OC(F)F)cc4)ccc32)CC(C)(C)C1. The maximum Gasteiger partial charge on any atom is 0.387 e. The highest BCUT2D eigenvalue weighted by atomic mass is 19.3. The second-order valence-electron chi connectivity index (χ2n) is 11.5. The van der Waals surface area contributed by atoms with Crippen molar-refractivity contribution in [1.82, 2.24) is 9.55 Å². The van der Waals surface area contributed by atoms with Gasteiger partial charge in [0, 0.05) is 28.0 Å². The van der Waals surface area contributed by atoms with Gasteiger partial charge in [-0.3, -0.25) is 9.74 Å². The number of hydrogen-bond acceptors (Lipinski definition) is 6. The molecular formula is C31H33F3N4O4.